The fourth-order valence-electron chi connectivity index (χ4n) is 2.68. The molecule has 0 bridgehead atoms. The minimum absolute atomic E-state index is 0.212. The van der Waals surface area contributed by atoms with Crippen molar-refractivity contribution >= 4 is 5.91 Å². The number of carbonyl (C=O) groups excluding carboxylic acids is 1. The summed E-state index contributed by atoms with van der Waals surface area (Å²) in [7, 11) is 4.12. The molecule has 3 atom stereocenters. The molecule has 0 aromatic rings. The van der Waals surface area contributed by atoms with Gasteiger partial charge in [0.15, 0.2) is 0 Å². The molecule has 3 unspecified atom stereocenters. The van der Waals surface area contributed by atoms with Crippen LogP contribution in [0.25, 0.3) is 0 Å². The minimum atomic E-state index is 0.212. The zero-order valence-electron chi connectivity index (χ0n) is 13.0. The summed E-state index contributed by atoms with van der Waals surface area (Å²) in [5, 5.41) is 6.54. The number of nitrogens with zero attached hydrogens (tertiary/aromatic N) is 1. The van der Waals surface area contributed by atoms with E-state index in [1.807, 2.05) is 0 Å². The third-order valence-electron chi connectivity index (χ3n) is 4.06. The molecular weight excluding hydrogens is 238 g/mol. The molecule has 0 aromatic heterocycles. The Labute approximate surface area is 118 Å². The van der Waals surface area contributed by atoms with E-state index in [2.05, 4.69) is 43.5 Å². The lowest BCUT2D eigenvalue weighted by molar-refractivity contribution is -0.123. The molecule has 19 heavy (non-hydrogen) atoms. The van der Waals surface area contributed by atoms with Gasteiger partial charge in [-0.25, -0.2) is 0 Å². The molecule has 0 spiro atoms. The maximum Gasteiger partial charge on any atom is 0.220 e. The highest BCUT2D eigenvalue weighted by Crippen LogP contribution is 2.22. The Balaban J connectivity index is 2.21. The lowest BCUT2D eigenvalue weighted by atomic mass is 9.85. The molecule has 0 radical (unpaired) electrons. The highest BCUT2D eigenvalue weighted by Gasteiger charge is 2.22. The van der Waals surface area contributed by atoms with Crippen molar-refractivity contribution in [2.24, 2.45) is 11.8 Å². The number of nitrogens with one attached hydrogen (secondary N) is 2. The van der Waals surface area contributed by atoms with Crippen LogP contribution in [0.15, 0.2) is 0 Å². The van der Waals surface area contributed by atoms with Crippen LogP contribution >= 0.6 is 0 Å². The highest BCUT2D eigenvalue weighted by molar-refractivity contribution is 5.76. The summed E-state index contributed by atoms with van der Waals surface area (Å²) in [6, 6.07) is 0.270. The van der Waals surface area contributed by atoms with E-state index in [0.717, 1.165) is 26.1 Å². The van der Waals surface area contributed by atoms with Gasteiger partial charge in [-0.3, -0.25) is 4.79 Å². The Morgan fingerprint density at radius 1 is 1.42 bits per heavy atom. The number of rotatable bonds is 7. The molecule has 1 aliphatic heterocycles. The van der Waals surface area contributed by atoms with Crippen LogP contribution in [0, 0.1) is 11.8 Å². The summed E-state index contributed by atoms with van der Waals surface area (Å²) in [5.74, 6) is 1.36. The van der Waals surface area contributed by atoms with Crippen LogP contribution in [0.4, 0.5) is 0 Å². The van der Waals surface area contributed by atoms with Gasteiger partial charge >= 0.3 is 0 Å². The van der Waals surface area contributed by atoms with Crippen molar-refractivity contribution in [3.63, 3.8) is 0 Å². The van der Waals surface area contributed by atoms with Crippen LogP contribution in [0.1, 0.15) is 39.5 Å². The standard InChI is InChI=1S/C15H31N3O/c1-12(14-6-5-8-16-11-14)10-15(19)17-13(2)7-9-18(3)4/h12-14,16H,5-11H2,1-4H3,(H,17,19). The van der Waals surface area contributed by atoms with Crippen molar-refractivity contribution < 1.29 is 4.79 Å². The van der Waals surface area contributed by atoms with Gasteiger partial charge in [-0.2, -0.15) is 0 Å². The third kappa shape index (κ3) is 6.92. The van der Waals surface area contributed by atoms with Crippen LogP contribution in [0.3, 0.4) is 0 Å². The maximum absolute atomic E-state index is 12.0. The Hall–Kier alpha value is -0.610. The predicted molar refractivity (Wildman–Crippen MR) is 80.2 cm³/mol. The summed E-state index contributed by atoms with van der Waals surface area (Å²) >= 11 is 0. The molecule has 1 saturated heterocycles. The monoisotopic (exact) mass is 269 g/mol. The summed E-state index contributed by atoms with van der Waals surface area (Å²) in [6.45, 7) is 7.53. The molecule has 0 aliphatic carbocycles. The molecule has 112 valence electrons. The molecule has 1 rings (SSSR count). The SMILES string of the molecule is CC(CCN(C)C)NC(=O)CC(C)C1CCCNC1. The van der Waals surface area contributed by atoms with E-state index in [4.69, 9.17) is 0 Å². The van der Waals surface area contributed by atoms with Crippen LogP contribution in [0.5, 0.6) is 0 Å². The van der Waals surface area contributed by atoms with Crippen molar-refractivity contribution in [3.8, 4) is 0 Å². The lowest BCUT2D eigenvalue weighted by Crippen LogP contribution is -2.38. The second kappa shape index (κ2) is 8.54. The van der Waals surface area contributed by atoms with Crippen LogP contribution in [0.2, 0.25) is 0 Å². The van der Waals surface area contributed by atoms with Crippen LogP contribution < -0.4 is 10.6 Å². The van der Waals surface area contributed by atoms with Gasteiger partial charge in [0.25, 0.3) is 0 Å². The van der Waals surface area contributed by atoms with Gasteiger partial charge in [0.2, 0.25) is 5.91 Å². The molecular formula is C15H31N3O. The molecule has 1 aliphatic rings. The Morgan fingerprint density at radius 3 is 2.74 bits per heavy atom. The number of piperidine rings is 1. The van der Waals surface area contributed by atoms with Crippen LogP contribution in [-0.2, 0) is 4.79 Å². The van der Waals surface area contributed by atoms with Crippen molar-refractivity contribution in [2.75, 3.05) is 33.7 Å². The van der Waals surface area contributed by atoms with Gasteiger partial charge in [-0.1, -0.05) is 6.92 Å². The minimum Gasteiger partial charge on any atom is -0.354 e. The first-order chi connectivity index (χ1) is 8.99. The van der Waals surface area contributed by atoms with Crippen molar-refractivity contribution in [1.29, 1.82) is 0 Å². The number of hydrogen-bond acceptors (Lipinski definition) is 3. The first kappa shape index (κ1) is 16.4. The summed E-state index contributed by atoms with van der Waals surface area (Å²) in [5.41, 5.74) is 0. The first-order valence-corrected chi connectivity index (χ1v) is 7.64. The summed E-state index contributed by atoms with van der Waals surface area (Å²) in [4.78, 5) is 14.2. The van der Waals surface area contributed by atoms with Crippen molar-refractivity contribution in [1.82, 2.24) is 15.5 Å². The molecule has 1 fully saturated rings. The molecule has 1 heterocycles. The molecule has 4 heteroatoms. The fraction of sp³-hybridized carbons (Fsp3) is 0.933. The summed E-state index contributed by atoms with van der Waals surface area (Å²) in [6.07, 6.45) is 4.18. The van der Waals surface area contributed by atoms with E-state index < -0.39 is 0 Å². The van der Waals surface area contributed by atoms with E-state index in [1.54, 1.807) is 0 Å². The van der Waals surface area contributed by atoms with Gasteiger partial charge < -0.3 is 15.5 Å². The van der Waals surface area contributed by atoms with E-state index in [9.17, 15) is 4.79 Å². The number of hydrogen-bond donors (Lipinski definition) is 2. The topological polar surface area (TPSA) is 44.4 Å². The lowest BCUT2D eigenvalue weighted by Gasteiger charge is -2.28. The Kier molecular flexibility index (Phi) is 7.39. The first-order valence-electron chi connectivity index (χ1n) is 7.64. The quantitative estimate of drug-likeness (QED) is 0.735. The zero-order valence-corrected chi connectivity index (χ0v) is 13.0. The van der Waals surface area contributed by atoms with Crippen LogP contribution in [-0.4, -0.2) is 50.6 Å². The van der Waals surface area contributed by atoms with Gasteiger partial charge in [-0.05, 0) is 71.8 Å². The Bertz CT molecular complexity index is 262. The Morgan fingerprint density at radius 2 is 2.16 bits per heavy atom. The van der Waals surface area contributed by atoms with Crippen molar-refractivity contribution in [3.05, 3.63) is 0 Å². The normalized spacial score (nSPS) is 23.1. The van der Waals surface area contributed by atoms with Crippen molar-refractivity contribution in [2.45, 2.75) is 45.6 Å². The molecule has 0 saturated carbocycles. The molecule has 2 N–H and O–H groups in total. The van der Waals surface area contributed by atoms with Gasteiger partial charge in [-0.15, -0.1) is 0 Å². The second-order valence-electron chi connectivity index (χ2n) is 6.35. The average Bonchev–Trinajstić information content (AvgIpc) is 2.37. The van der Waals surface area contributed by atoms with E-state index in [-0.39, 0.29) is 11.9 Å². The van der Waals surface area contributed by atoms with Gasteiger partial charge in [0.05, 0.1) is 0 Å². The van der Waals surface area contributed by atoms with E-state index in [0.29, 0.717) is 18.3 Å². The van der Waals surface area contributed by atoms with E-state index in [1.165, 1.54) is 12.8 Å². The summed E-state index contributed by atoms with van der Waals surface area (Å²) < 4.78 is 0. The van der Waals surface area contributed by atoms with Gasteiger partial charge in [0.1, 0.15) is 0 Å². The largest absolute Gasteiger partial charge is 0.354 e. The molecule has 4 nitrogen and oxygen atoms in total. The highest BCUT2D eigenvalue weighted by atomic mass is 16.1. The number of amides is 1. The van der Waals surface area contributed by atoms with Gasteiger partial charge in [0, 0.05) is 12.5 Å². The maximum atomic E-state index is 12.0. The second-order valence-corrected chi connectivity index (χ2v) is 6.35. The average molecular weight is 269 g/mol. The smallest absolute Gasteiger partial charge is 0.220 e. The molecule has 0 aromatic carbocycles. The predicted octanol–water partition coefficient (Wildman–Crippen LogP) is 1.47. The number of carbonyl (C=O) groups is 1. The fourth-order valence-corrected chi connectivity index (χ4v) is 2.68. The zero-order chi connectivity index (χ0) is 14.3. The van der Waals surface area contributed by atoms with E-state index >= 15 is 0 Å². The molecule has 1 amide bonds. The third-order valence-corrected chi connectivity index (χ3v) is 4.06.